The van der Waals surface area contributed by atoms with Crippen molar-refractivity contribution in [3.8, 4) is 0 Å². The van der Waals surface area contributed by atoms with Gasteiger partial charge in [-0.05, 0) is 6.42 Å². The Labute approximate surface area is 104 Å². The van der Waals surface area contributed by atoms with Gasteiger partial charge in [-0.2, -0.15) is 0 Å². The number of hydrogen-bond acceptors (Lipinski definition) is 4. The molecule has 0 aromatic heterocycles. The molecule has 1 aliphatic rings. The highest BCUT2D eigenvalue weighted by Crippen LogP contribution is 2.17. The van der Waals surface area contributed by atoms with Crippen LogP contribution in [0.2, 0.25) is 0 Å². The van der Waals surface area contributed by atoms with Gasteiger partial charge in [0.05, 0.1) is 19.1 Å². The third kappa shape index (κ3) is 3.76. The van der Waals surface area contributed by atoms with Gasteiger partial charge in [0.25, 0.3) is 0 Å². The number of hydrogen-bond donors (Lipinski definition) is 2. The molecule has 2 amide bonds. The first kappa shape index (κ1) is 14.0. The molecule has 0 fully saturated rings. The van der Waals surface area contributed by atoms with E-state index in [4.69, 9.17) is 5.11 Å². The number of carbonyl (C=O) groups excluding carboxylic acids is 2. The van der Waals surface area contributed by atoms with Gasteiger partial charge < -0.3 is 20.1 Å². The lowest BCUT2D eigenvalue weighted by Crippen LogP contribution is -2.44. The van der Waals surface area contributed by atoms with Crippen molar-refractivity contribution < 1.29 is 24.2 Å². The molecular formula is C11H16N2O5. The third-order valence-corrected chi connectivity index (χ3v) is 2.65. The number of carboxylic acid groups (broad SMARTS) is 1. The summed E-state index contributed by atoms with van der Waals surface area (Å²) in [5.74, 6) is -2.00. The van der Waals surface area contributed by atoms with E-state index in [1.807, 2.05) is 0 Å². The van der Waals surface area contributed by atoms with E-state index >= 15 is 0 Å². The fourth-order valence-corrected chi connectivity index (χ4v) is 1.59. The minimum absolute atomic E-state index is 0.152. The van der Waals surface area contributed by atoms with E-state index < -0.39 is 23.9 Å². The van der Waals surface area contributed by atoms with Crippen LogP contribution in [-0.2, 0) is 14.3 Å². The highest BCUT2D eigenvalue weighted by Gasteiger charge is 2.26. The van der Waals surface area contributed by atoms with E-state index in [2.05, 4.69) is 10.1 Å². The largest absolute Gasteiger partial charge is 0.481 e. The maximum Gasteiger partial charge on any atom is 0.325 e. The molecule has 0 radical (unpaired) electrons. The first-order valence-electron chi connectivity index (χ1n) is 5.43. The summed E-state index contributed by atoms with van der Waals surface area (Å²) < 4.78 is 4.44. The zero-order chi connectivity index (χ0) is 13.7. The van der Waals surface area contributed by atoms with Crippen molar-refractivity contribution in [2.24, 2.45) is 5.92 Å². The molecule has 0 heterocycles. The Morgan fingerprint density at radius 3 is 2.61 bits per heavy atom. The number of amides is 2. The highest BCUT2D eigenvalue weighted by molar-refractivity contribution is 5.81. The first-order valence-corrected chi connectivity index (χ1v) is 5.43. The Balaban J connectivity index is 2.40. The molecule has 0 aromatic carbocycles. The monoisotopic (exact) mass is 256 g/mol. The van der Waals surface area contributed by atoms with Gasteiger partial charge in [0.1, 0.15) is 6.54 Å². The van der Waals surface area contributed by atoms with Crippen LogP contribution in [0.5, 0.6) is 0 Å². The van der Waals surface area contributed by atoms with Crippen LogP contribution in [0.4, 0.5) is 4.79 Å². The number of ether oxygens (including phenoxy) is 1. The van der Waals surface area contributed by atoms with Crippen molar-refractivity contribution in [2.45, 2.75) is 12.5 Å². The van der Waals surface area contributed by atoms with Crippen LogP contribution in [0, 0.1) is 5.92 Å². The molecule has 2 unspecified atom stereocenters. The van der Waals surface area contributed by atoms with Crippen LogP contribution in [0.3, 0.4) is 0 Å². The minimum atomic E-state index is -0.911. The molecule has 0 saturated heterocycles. The van der Waals surface area contributed by atoms with Crippen molar-refractivity contribution in [3.63, 3.8) is 0 Å². The maximum absolute atomic E-state index is 11.7. The molecule has 100 valence electrons. The minimum Gasteiger partial charge on any atom is -0.481 e. The molecule has 1 rings (SSSR count). The number of esters is 1. The van der Waals surface area contributed by atoms with E-state index in [0.717, 1.165) is 0 Å². The lowest BCUT2D eigenvalue weighted by atomic mass is 10.1. The number of urea groups is 1. The van der Waals surface area contributed by atoms with Gasteiger partial charge >= 0.3 is 18.0 Å². The summed E-state index contributed by atoms with van der Waals surface area (Å²) in [5.41, 5.74) is 0. The zero-order valence-electron chi connectivity index (χ0n) is 10.3. The molecule has 7 heteroatoms. The molecule has 0 bridgehead atoms. The van der Waals surface area contributed by atoms with Crippen molar-refractivity contribution in [3.05, 3.63) is 12.2 Å². The standard InChI is InChI=1S/C11H16N2O5/c1-13(6-9(14)18-2)11(17)12-8-4-3-7(5-8)10(15)16/h3-4,7-8H,5-6H2,1-2H3,(H,12,17)(H,15,16). The number of carbonyl (C=O) groups is 3. The van der Waals surface area contributed by atoms with E-state index in [-0.39, 0.29) is 12.6 Å². The fraction of sp³-hybridized carbons (Fsp3) is 0.545. The number of aliphatic carboxylic acids is 1. The SMILES string of the molecule is COC(=O)CN(C)C(=O)NC1C=CC(C(=O)O)C1. The number of likely N-dealkylation sites (N-methyl/N-ethyl adjacent to an activating group) is 1. The second-order valence-corrected chi connectivity index (χ2v) is 4.05. The topological polar surface area (TPSA) is 95.9 Å². The Morgan fingerprint density at radius 2 is 2.11 bits per heavy atom. The summed E-state index contributed by atoms with van der Waals surface area (Å²) in [6.07, 6.45) is 3.52. The van der Waals surface area contributed by atoms with Gasteiger partial charge in [0.2, 0.25) is 0 Å². The van der Waals surface area contributed by atoms with Crippen LogP contribution >= 0.6 is 0 Å². The van der Waals surface area contributed by atoms with Crippen LogP contribution in [0.25, 0.3) is 0 Å². The molecular weight excluding hydrogens is 240 g/mol. The van der Waals surface area contributed by atoms with Crippen LogP contribution in [0.1, 0.15) is 6.42 Å². The van der Waals surface area contributed by atoms with Crippen molar-refractivity contribution in [1.82, 2.24) is 10.2 Å². The second-order valence-electron chi connectivity index (χ2n) is 4.05. The summed E-state index contributed by atoms with van der Waals surface area (Å²) in [7, 11) is 2.70. The Morgan fingerprint density at radius 1 is 1.44 bits per heavy atom. The molecule has 0 aliphatic heterocycles. The van der Waals surface area contributed by atoms with Gasteiger partial charge in [-0.25, -0.2) is 4.79 Å². The number of nitrogens with one attached hydrogen (secondary N) is 1. The van der Waals surface area contributed by atoms with E-state index in [1.165, 1.54) is 19.1 Å². The maximum atomic E-state index is 11.7. The molecule has 2 atom stereocenters. The highest BCUT2D eigenvalue weighted by atomic mass is 16.5. The summed E-state index contributed by atoms with van der Waals surface area (Å²) in [5, 5.41) is 11.4. The number of nitrogens with zero attached hydrogens (tertiary/aromatic N) is 1. The molecule has 7 nitrogen and oxygen atoms in total. The van der Waals surface area contributed by atoms with Crippen molar-refractivity contribution >= 4 is 18.0 Å². The molecule has 1 aliphatic carbocycles. The van der Waals surface area contributed by atoms with E-state index in [1.54, 1.807) is 12.2 Å². The van der Waals surface area contributed by atoms with E-state index in [0.29, 0.717) is 6.42 Å². The summed E-state index contributed by atoms with van der Waals surface area (Å²) in [6, 6.07) is -0.764. The normalized spacial score (nSPS) is 21.4. The van der Waals surface area contributed by atoms with Gasteiger partial charge in [-0.3, -0.25) is 9.59 Å². The van der Waals surface area contributed by atoms with Gasteiger partial charge in [-0.1, -0.05) is 12.2 Å². The lowest BCUT2D eigenvalue weighted by molar-refractivity contribution is -0.141. The Hall–Kier alpha value is -2.05. The summed E-state index contributed by atoms with van der Waals surface area (Å²) in [4.78, 5) is 34.5. The Kier molecular flexibility index (Phi) is 4.70. The average Bonchev–Trinajstić information content (AvgIpc) is 2.77. The molecule has 18 heavy (non-hydrogen) atoms. The molecule has 0 aromatic rings. The van der Waals surface area contributed by atoms with E-state index in [9.17, 15) is 14.4 Å². The fourth-order valence-electron chi connectivity index (χ4n) is 1.59. The zero-order valence-corrected chi connectivity index (χ0v) is 10.3. The average molecular weight is 256 g/mol. The third-order valence-electron chi connectivity index (χ3n) is 2.65. The quantitative estimate of drug-likeness (QED) is 0.538. The first-order chi connectivity index (χ1) is 8.43. The van der Waals surface area contributed by atoms with Gasteiger partial charge in [0, 0.05) is 7.05 Å². The van der Waals surface area contributed by atoms with Crippen LogP contribution in [0.15, 0.2) is 12.2 Å². The number of carboxylic acids is 1. The molecule has 0 spiro atoms. The lowest BCUT2D eigenvalue weighted by Gasteiger charge is -2.19. The summed E-state index contributed by atoms with van der Waals surface area (Å²) in [6.45, 7) is -0.152. The number of methoxy groups -OCH3 is 1. The van der Waals surface area contributed by atoms with Gasteiger partial charge in [-0.15, -0.1) is 0 Å². The number of rotatable bonds is 4. The molecule has 2 N–H and O–H groups in total. The predicted octanol–water partition coefficient (Wildman–Crippen LogP) is -0.170. The molecule has 0 saturated carbocycles. The van der Waals surface area contributed by atoms with Crippen molar-refractivity contribution in [1.29, 1.82) is 0 Å². The Bertz CT molecular complexity index is 380. The smallest absolute Gasteiger partial charge is 0.325 e. The predicted molar refractivity (Wildman–Crippen MR) is 61.8 cm³/mol. The van der Waals surface area contributed by atoms with Crippen molar-refractivity contribution in [2.75, 3.05) is 20.7 Å². The summed E-state index contributed by atoms with van der Waals surface area (Å²) >= 11 is 0. The van der Waals surface area contributed by atoms with Crippen LogP contribution in [-0.4, -0.2) is 54.7 Å². The second kappa shape index (κ2) is 6.04. The van der Waals surface area contributed by atoms with Crippen LogP contribution < -0.4 is 5.32 Å². The van der Waals surface area contributed by atoms with Gasteiger partial charge in [0.15, 0.2) is 0 Å².